The van der Waals surface area contributed by atoms with Gasteiger partial charge in [0, 0.05) is 13.0 Å². The highest BCUT2D eigenvalue weighted by molar-refractivity contribution is 5.84. The van der Waals surface area contributed by atoms with Crippen LogP contribution < -0.4 is 10.1 Å². The Kier molecular flexibility index (Phi) is 5.16. The predicted octanol–water partition coefficient (Wildman–Crippen LogP) is 0.506. The van der Waals surface area contributed by atoms with Crippen molar-refractivity contribution in [2.75, 3.05) is 13.2 Å². The highest BCUT2D eigenvalue weighted by atomic mass is 16.5. The van der Waals surface area contributed by atoms with Crippen LogP contribution in [0.2, 0.25) is 0 Å². The van der Waals surface area contributed by atoms with Crippen molar-refractivity contribution in [2.45, 2.75) is 31.7 Å². The van der Waals surface area contributed by atoms with E-state index in [0.29, 0.717) is 5.75 Å². The molecular weight excluding hydrogens is 274 g/mol. The van der Waals surface area contributed by atoms with Crippen LogP contribution in [0.4, 0.5) is 0 Å². The summed E-state index contributed by atoms with van der Waals surface area (Å²) in [5.41, 5.74) is 2.57. The minimum Gasteiger partial charge on any atom is -0.484 e. The van der Waals surface area contributed by atoms with E-state index in [-0.39, 0.29) is 19.6 Å². The highest BCUT2D eigenvalue weighted by Crippen LogP contribution is 2.25. The number of hydrogen-bond acceptors (Lipinski definition) is 4. The number of carbonyl (C=O) groups excluding carboxylic acids is 1. The lowest BCUT2D eigenvalue weighted by molar-refractivity contribution is -0.142. The van der Waals surface area contributed by atoms with Crippen molar-refractivity contribution in [3.63, 3.8) is 0 Å². The van der Waals surface area contributed by atoms with Crippen molar-refractivity contribution < 1.29 is 24.5 Å². The standard InChI is InChI=1S/C15H19NO5/c17-7-6-13(15(19)20)16-14(18)9-21-12-5-4-10-2-1-3-11(10)8-12/h4-5,8,13,17H,1-3,6-7,9H2,(H,16,18)(H,19,20)/t13-/m1/s1. The summed E-state index contributed by atoms with van der Waals surface area (Å²) in [6.07, 6.45) is 3.22. The quantitative estimate of drug-likeness (QED) is 0.680. The van der Waals surface area contributed by atoms with Gasteiger partial charge in [-0.2, -0.15) is 0 Å². The molecule has 114 valence electrons. The first-order valence-electron chi connectivity index (χ1n) is 6.98. The normalized spacial score (nSPS) is 14.3. The molecule has 0 saturated heterocycles. The molecule has 1 aromatic carbocycles. The lowest BCUT2D eigenvalue weighted by atomic mass is 10.1. The minimum atomic E-state index is -1.17. The summed E-state index contributed by atoms with van der Waals surface area (Å²) >= 11 is 0. The van der Waals surface area contributed by atoms with E-state index < -0.39 is 17.9 Å². The topological polar surface area (TPSA) is 95.9 Å². The Balaban J connectivity index is 1.84. The van der Waals surface area contributed by atoms with Crippen molar-refractivity contribution in [1.82, 2.24) is 5.32 Å². The molecule has 0 fully saturated rings. The molecule has 1 atom stereocenters. The zero-order valence-corrected chi connectivity index (χ0v) is 11.7. The summed E-state index contributed by atoms with van der Waals surface area (Å²) in [6, 6.07) is 4.66. The van der Waals surface area contributed by atoms with Crippen LogP contribution in [0.5, 0.6) is 5.75 Å². The first-order valence-corrected chi connectivity index (χ1v) is 6.98. The van der Waals surface area contributed by atoms with E-state index in [1.165, 1.54) is 11.1 Å². The van der Waals surface area contributed by atoms with Gasteiger partial charge in [-0.15, -0.1) is 0 Å². The Morgan fingerprint density at radius 3 is 2.76 bits per heavy atom. The number of ether oxygens (including phenoxy) is 1. The van der Waals surface area contributed by atoms with Crippen LogP contribution in [0, 0.1) is 0 Å². The molecule has 0 saturated carbocycles. The average Bonchev–Trinajstić information content (AvgIpc) is 2.92. The molecule has 1 aliphatic carbocycles. The van der Waals surface area contributed by atoms with Crippen LogP contribution in [0.3, 0.4) is 0 Å². The Hall–Kier alpha value is -2.08. The number of rotatable bonds is 7. The van der Waals surface area contributed by atoms with E-state index in [9.17, 15) is 9.59 Å². The first kappa shape index (κ1) is 15.3. The van der Waals surface area contributed by atoms with Gasteiger partial charge >= 0.3 is 5.97 Å². The van der Waals surface area contributed by atoms with E-state index in [4.69, 9.17) is 14.9 Å². The fourth-order valence-corrected chi connectivity index (χ4v) is 2.41. The van der Waals surface area contributed by atoms with Crippen molar-refractivity contribution >= 4 is 11.9 Å². The molecule has 0 spiro atoms. The van der Waals surface area contributed by atoms with Gasteiger partial charge in [-0.3, -0.25) is 4.79 Å². The molecule has 0 heterocycles. The zero-order valence-electron chi connectivity index (χ0n) is 11.7. The number of fused-ring (bicyclic) bond motifs is 1. The summed E-state index contributed by atoms with van der Waals surface area (Å²) in [5.74, 6) is -1.08. The zero-order chi connectivity index (χ0) is 15.2. The van der Waals surface area contributed by atoms with Crippen molar-refractivity contribution in [1.29, 1.82) is 0 Å². The molecule has 0 bridgehead atoms. The summed E-state index contributed by atoms with van der Waals surface area (Å²) in [7, 11) is 0. The van der Waals surface area contributed by atoms with Gasteiger partial charge in [-0.1, -0.05) is 6.07 Å². The summed E-state index contributed by atoms with van der Waals surface area (Å²) < 4.78 is 5.38. The second kappa shape index (κ2) is 7.08. The second-order valence-electron chi connectivity index (χ2n) is 5.04. The molecule has 2 rings (SSSR count). The molecular formula is C15H19NO5. The maximum Gasteiger partial charge on any atom is 0.326 e. The van der Waals surface area contributed by atoms with Crippen LogP contribution >= 0.6 is 0 Å². The third-order valence-corrected chi connectivity index (χ3v) is 3.49. The smallest absolute Gasteiger partial charge is 0.326 e. The molecule has 0 aromatic heterocycles. The lowest BCUT2D eigenvalue weighted by Crippen LogP contribution is -2.43. The molecule has 6 nitrogen and oxygen atoms in total. The second-order valence-corrected chi connectivity index (χ2v) is 5.04. The van der Waals surface area contributed by atoms with E-state index in [0.717, 1.165) is 19.3 Å². The molecule has 21 heavy (non-hydrogen) atoms. The molecule has 1 aliphatic rings. The number of aliphatic hydroxyl groups excluding tert-OH is 1. The molecule has 1 amide bonds. The van der Waals surface area contributed by atoms with Crippen LogP contribution in [0.15, 0.2) is 18.2 Å². The molecule has 1 aromatic rings. The molecule has 6 heteroatoms. The third kappa shape index (κ3) is 4.19. The predicted molar refractivity (Wildman–Crippen MR) is 75.2 cm³/mol. The summed E-state index contributed by atoms with van der Waals surface area (Å²) in [4.78, 5) is 22.5. The summed E-state index contributed by atoms with van der Waals surface area (Å²) in [6.45, 7) is -0.545. The van der Waals surface area contributed by atoms with Crippen LogP contribution in [-0.2, 0) is 22.4 Å². The Bertz CT molecular complexity index is 529. The third-order valence-electron chi connectivity index (χ3n) is 3.49. The number of aliphatic carboxylic acids is 1. The van der Waals surface area contributed by atoms with Crippen molar-refractivity contribution in [3.8, 4) is 5.75 Å². The Morgan fingerprint density at radius 1 is 1.29 bits per heavy atom. The van der Waals surface area contributed by atoms with Crippen LogP contribution in [0.25, 0.3) is 0 Å². The van der Waals surface area contributed by atoms with Gasteiger partial charge in [0.05, 0.1) is 0 Å². The van der Waals surface area contributed by atoms with Gasteiger partial charge in [-0.25, -0.2) is 4.79 Å². The maximum atomic E-state index is 11.7. The van der Waals surface area contributed by atoms with Gasteiger partial charge < -0.3 is 20.3 Å². The van der Waals surface area contributed by atoms with Gasteiger partial charge in [0.2, 0.25) is 0 Å². The monoisotopic (exact) mass is 293 g/mol. The maximum absolute atomic E-state index is 11.7. The number of amides is 1. The molecule has 0 radical (unpaired) electrons. The van der Waals surface area contributed by atoms with Crippen LogP contribution in [-0.4, -0.2) is 41.3 Å². The van der Waals surface area contributed by atoms with Gasteiger partial charge in [0.25, 0.3) is 5.91 Å². The summed E-state index contributed by atoms with van der Waals surface area (Å²) in [5, 5.41) is 19.9. The van der Waals surface area contributed by atoms with Crippen LogP contribution in [0.1, 0.15) is 24.0 Å². The number of carboxylic acids is 1. The van der Waals surface area contributed by atoms with Crippen molar-refractivity contribution in [2.24, 2.45) is 0 Å². The molecule has 3 N–H and O–H groups in total. The largest absolute Gasteiger partial charge is 0.484 e. The average molecular weight is 293 g/mol. The number of aryl methyl sites for hydroxylation is 2. The van der Waals surface area contributed by atoms with E-state index >= 15 is 0 Å². The lowest BCUT2D eigenvalue weighted by Gasteiger charge is -2.14. The first-order chi connectivity index (χ1) is 10.1. The number of carbonyl (C=O) groups is 2. The fraction of sp³-hybridized carbons (Fsp3) is 0.467. The Morgan fingerprint density at radius 2 is 2.05 bits per heavy atom. The van der Waals surface area contributed by atoms with E-state index in [2.05, 4.69) is 5.32 Å². The molecule has 0 aliphatic heterocycles. The minimum absolute atomic E-state index is 0.0279. The molecule has 0 unspecified atom stereocenters. The number of carboxylic acid groups (broad SMARTS) is 1. The Labute approximate surface area is 122 Å². The SMILES string of the molecule is O=C(COc1ccc2c(c1)CCC2)N[C@H](CCO)C(=O)O. The number of nitrogens with one attached hydrogen (secondary N) is 1. The van der Waals surface area contributed by atoms with E-state index in [1.54, 1.807) is 0 Å². The number of hydrogen-bond donors (Lipinski definition) is 3. The highest BCUT2D eigenvalue weighted by Gasteiger charge is 2.19. The van der Waals surface area contributed by atoms with Gasteiger partial charge in [0.1, 0.15) is 11.8 Å². The van der Waals surface area contributed by atoms with E-state index in [1.807, 2.05) is 18.2 Å². The van der Waals surface area contributed by atoms with Gasteiger partial charge in [-0.05, 0) is 42.5 Å². The fourth-order valence-electron chi connectivity index (χ4n) is 2.41. The van der Waals surface area contributed by atoms with Gasteiger partial charge in [0.15, 0.2) is 6.61 Å². The number of aliphatic hydroxyl groups is 1. The van der Waals surface area contributed by atoms with Crippen molar-refractivity contribution in [3.05, 3.63) is 29.3 Å². The number of benzene rings is 1.